The van der Waals surface area contributed by atoms with Crippen molar-refractivity contribution in [1.82, 2.24) is 7.99 Å². The summed E-state index contributed by atoms with van der Waals surface area (Å²) in [6.45, 7) is 4.23. The van der Waals surface area contributed by atoms with E-state index in [0.717, 1.165) is 5.69 Å². The highest BCUT2D eigenvalue weighted by Gasteiger charge is 2.06. The molecule has 0 aliphatic heterocycles. The zero-order valence-electron chi connectivity index (χ0n) is 6.00. The Morgan fingerprint density at radius 1 is 1.70 bits per heavy atom. The van der Waals surface area contributed by atoms with Gasteiger partial charge in [0.05, 0.1) is 28.6 Å². The quantitative estimate of drug-likeness (QED) is 0.773. The van der Waals surface area contributed by atoms with Crippen LogP contribution in [0.5, 0.6) is 0 Å². The first-order valence-electron chi connectivity index (χ1n) is 3.13. The molecule has 1 heterocycles. The standard InChI is InChI=1S/C6H10IN3/c1-4(2)5-3-6(8)9-10(5)7/h3-4H,1-2H3,(H2,8,9). The van der Waals surface area contributed by atoms with Gasteiger partial charge in [-0.15, -0.1) is 5.10 Å². The molecule has 1 aromatic rings. The van der Waals surface area contributed by atoms with Crippen molar-refractivity contribution in [3.05, 3.63) is 11.8 Å². The highest BCUT2D eigenvalue weighted by molar-refractivity contribution is 14.1. The summed E-state index contributed by atoms with van der Waals surface area (Å²) in [5.74, 6) is 1.08. The van der Waals surface area contributed by atoms with Gasteiger partial charge in [-0.25, -0.2) is 2.90 Å². The zero-order valence-corrected chi connectivity index (χ0v) is 8.16. The van der Waals surface area contributed by atoms with Crippen molar-refractivity contribution in [2.45, 2.75) is 19.8 Å². The van der Waals surface area contributed by atoms with E-state index in [1.54, 1.807) is 2.90 Å². The molecule has 1 aromatic heterocycles. The van der Waals surface area contributed by atoms with Crippen molar-refractivity contribution in [2.24, 2.45) is 0 Å². The fourth-order valence-corrected chi connectivity index (χ4v) is 1.72. The highest BCUT2D eigenvalue weighted by Crippen LogP contribution is 2.18. The normalized spacial score (nSPS) is 10.8. The van der Waals surface area contributed by atoms with E-state index < -0.39 is 0 Å². The molecule has 4 heteroatoms. The molecule has 0 atom stereocenters. The summed E-state index contributed by atoms with van der Waals surface area (Å²) in [5, 5.41) is 4.01. The minimum absolute atomic E-state index is 0.488. The third kappa shape index (κ3) is 1.42. The van der Waals surface area contributed by atoms with Gasteiger partial charge < -0.3 is 5.73 Å². The molecule has 0 amide bonds. The molecule has 0 radical (unpaired) electrons. The maximum absolute atomic E-state index is 5.48. The van der Waals surface area contributed by atoms with Gasteiger partial charge >= 0.3 is 0 Å². The minimum atomic E-state index is 0.488. The Balaban J connectivity index is 3.03. The molecule has 0 fully saturated rings. The van der Waals surface area contributed by atoms with Crippen LogP contribution in [0.2, 0.25) is 0 Å². The van der Waals surface area contributed by atoms with Gasteiger partial charge in [-0.1, -0.05) is 13.8 Å². The predicted octanol–water partition coefficient (Wildman–Crippen LogP) is 1.79. The number of nitrogens with two attached hydrogens (primary N) is 1. The van der Waals surface area contributed by atoms with Gasteiger partial charge in [-0.2, -0.15) is 0 Å². The van der Waals surface area contributed by atoms with Crippen LogP contribution in [0.4, 0.5) is 5.82 Å². The molecule has 10 heavy (non-hydrogen) atoms. The maximum atomic E-state index is 5.48. The van der Waals surface area contributed by atoms with Crippen LogP contribution in [0, 0.1) is 0 Å². The van der Waals surface area contributed by atoms with Crippen LogP contribution in [0.3, 0.4) is 0 Å². The van der Waals surface area contributed by atoms with Gasteiger partial charge in [0.15, 0.2) is 0 Å². The maximum Gasteiger partial charge on any atom is 0.146 e. The van der Waals surface area contributed by atoms with Crippen LogP contribution in [0.1, 0.15) is 25.5 Å². The monoisotopic (exact) mass is 251 g/mol. The fraction of sp³-hybridized carbons (Fsp3) is 0.500. The summed E-state index contributed by atoms with van der Waals surface area (Å²) in [6.07, 6.45) is 0. The third-order valence-corrected chi connectivity index (χ3v) is 2.08. The second-order valence-electron chi connectivity index (χ2n) is 2.51. The molecule has 3 nitrogen and oxygen atoms in total. The number of hydrogen-bond acceptors (Lipinski definition) is 2. The summed E-state index contributed by atoms with van der Waals surface area (Å²) >= 11 is 2.12. The first-order chi connectivity index (χ1) is 4.61. The fourth-order valence-electron chi connectivity index (χ4n) is 0.772. The van der Waals surface area contributed by atoms with Crippen LogP contribution in [-0.2, 0) is 0 Å². The van der Waals surface area contributed by atoms with E-state index in [-0.39, 0.29) is 0 Å². The minimum Gasteiger partial charge on any atom is -0.382 e. The second kappa shape index (κ2) is 2.77. The first-order valence-corrected chi connectivity index (χ1v) is 4.09. The lowest BCUT2D eigenvalue weighted by Crippen LogP contribution is -1.93. The average Bonchev–Trinajstić information content (AvgIpc) is 2.10. The topological polar surface area (TPSA) is 43.8 Å². The molecule has 0 aliphatic rings. The molecule has 0 aromatic carbocycles. The number of hydrogen-bond donors (Lipinski definition) is 1. The molecule has 0 saturated carbocycles. The lowest BCUT2D eigenvalue weighted by atomic mass is 10.1. The molecular formula is C6H10IN3. The number of halogens is 1. The van der Waals surface area contributed by atoms with Crippen LogP contribution in [0.15, 0.2) is 6.07 Å². The lowest BCUT2D eigenvalue weighted by Gasteiger charge is -2.00. The van der Waals surface area contributed by atoms with E-state index in [2.05, 4.69) is 41.8 Å². The summed E-state index contributed by atoms with van der Waals surface area (Å²) in [4.78, 5) is 0. The Kier molecular flexibility index (Phi) is 2.18. The zero-order chi connectivity index (χ0) is 7.72. The number of nitrogens with zero attached hydrogens (tertiary/aromatic N) is 2. The summed E-state index contributed by atoms with van der Waals surface area (Å²) in [7, 11) is 0. The van der Waals surface area contributed by atoms with E-state index in [1.807, 2.05) is 6.07 Å². The van der Waals surface area contributed by atoms with Crippen molar-refractivity contribution < 1.29 is 0 Å². The smallest absolute Gasteiger partial charge is 0.146 e. The number of aromatic nitrogens is 2. The summed E-state index contributed by atoms with van der Waals surface area (Å²) < 4.78 is 1.79. The molecule has 0 bridgehead atoms. The van der Waals surface area contributed by atoms with Gasteiger partial charge in [0.25, 0.3) is 0 Å². The molecule has 56 valence electrons. The van der Waals surface area contributed by atoms with Gasteiger partial charge in [-0.05, 0) is 5.92 Å². The second-order valence-corrected chi connectivity index (χ2v) is 3.42. The van der Waals surface area contributed by atoms with Crippen LogP contribution in [-0.4, -0.2) is 7.99 Å². The molecule has 0 saturated heterocycles. The number of rotatable bonds is 1. The summed E-state index contributed by atoms with van der Waals surface area (Å²) in [5.41, 5.74) is 6.65. The molecule has 1 rings (SSSR count). The molecule has 0 aliphatic carbocycles. The van der Waals surface area contributed by atoms with Crippen molar-refractivity contribution in [1.29, 1.82) is 0 Å². The Hall–Kier alpha value is -0.260. The lowest BCUT2D eigenvalue weighted by molar-refractivity contribution is 0.801. The van der Waals surface area contributed by atoms with E-state index >= 15 is 0 Å². The van der Waals surface area contributed by atoms with E-state index in [1.165, 1.54) is 0 Å². The number of anilines is 1. The van der Waals surface area contributed by atoms with Crippen molar-refractivity contribution in [3.8, 4) is 0 Å². The van der Waals surface area contributed by atoms with Crippen LogP contribution < -0.4 is 5.73 Å². The van der Waals surface area contributed by atoms with E-state index in [4.69, 9.17) is 5.73 Å². The van der Waals surface area contributed by atoms with Crippen molar-refractivity contribution in [2.75, 3.05) is 5.73 Å². The molecular weight excluding hydrogens is 241 g/mol. The molecule has 0 unspecified atom stereocenters. The SMILES string of the molecule is CC(C)c1cc(N)nn1I. The van der Waals surface area contributed by atoms with Crippen LogP contribution >= 0.6 is 22.9 Å². The molecule has 2 N–H and O–H groups in total. The Morgan fingerprint density at radius 3 is 2.50 bits per heavy atom. The average molecular weight is 251 g/mol. The number of nitrogen functional groups attached to an aromatic ring is 1. The van der Waals surface area contributed by atoms with Crippen LogP contribution in [0.25, 0.3) is 0 Å². The van der Waals surface area contributed by atoms with Gasteiger partial charge in [0.2, 0.25) is 0 Å². The largest absolute Gasteiger partial charge is 0.382 e. The first kappa shape index (κ1) is 7.84. The van der Waals surface area contributed by atoms with Crippen molar-refractivity contribution >= 4 is 28.7 Å². The van der Waals surface area contributed by atoms with E-state index in [9.17, 15) is 0 Å². The highest BCUT2D eigenvalue weighted by atomic mass is 127. The Labute approximate surface area is 74.1 Å². The molecule has 0 spiro atoms. The van der Waals surface area contributed by atoms with Gasteiger partial charge in [-0.3, -0.25) is 0 Å². The van der Waals surface area contributed by atoms with Crippen molar-refractivity contribution in [3.63, 3.8) is 0 Å². The third-order valence-electron chi connectivity index (χ3n) is 1.30. The Morgan fingerprint density at radius 2 is 2.30 bits per heavy atom. The Bertz CT molecular complexity index is 229. The van der Waals surface area contributed by atoms with E-state index in [0.29, 0.717) is 11.7 Å². The van der Waals surface area contributed by atoms with Gasteiger partial charge in [0, 0.05) is 6.07 Å². The predicted molar refractivity (Wildman–Crippen MR) is 50.1 cm³/mol. The van der Waals surface area contributed by atoms with Gasteiger partial charge in [0.1, 0.15) is 5.82 Å². The summed E-state index contributed by atoms with van der Waals surface area (Å²) in [6, 6.07) is 1.90.